The van der Waals surface area contributed by atoms with Crippen LogP contribution >= 0.6 is 11.8 Å². The molecular formula is C13H17N3S. The molecule has 1 atom stereocenters. The topological polar surface area (TPSA) is 61.8 Å². The number of hydrogen-bond donors (Lipinski definition) is 2. The third-order valence-electron chi connectivity index (χ3n) is 2.94. The predicted octanol–water partition coefficient (Wildman–Crippen LogP) is 2.64. The fourth-order valence-electron chi connectivity index (χ4n) is 2.02. The van der Waals surface area contributed by atoms with Crippen molar-refractivity contribution in [3.63, 3.8) is 0 Å². The number of nitrogens with one attached hydrogen (secondary N) is 1. The zero-order valence-electron chi connectivity index (χ0n) is 9.78. The fourth-order valence-corrected chi connectivity index (χ4v) is 3.10. The minimum Gasteiger partial charge on any atom is -0.398 e. The monoisotopic (exact) mass is 247 g/mol. The Labute approximate surface area is 106 Å². The van der Waals surface area contributed by atoms with E-state index in [4.69, 9.17) is 11.0 Å². The lowest BCUT2D eigenvalue weighted by Gasteiger charge is -2.23. The lowest BCUT2D eigenvalue weighted by molar-refractivity contribution is 0.685. The van der Waals surface area contributed by atoms with Crippen molar-refractivity contribution in [3.05, 3.63) is 23.8 Å². The average molecular weight is 247 g/mol. The van der Waals surface area contributed by atoms with Gasteiger partial charge in [-0.05, 0) is 42.4 Å². The zero-order valence-corrected chi connectivity index (χ0v) is 10.6. The van der Waals surface area contributed by atoms with Gasteiger partial charge in [-0.15, -0.1) is 0 Å². The number of nitrogens with zero attached hydrogens (tertiary/aromatic N) is 1. The van der Waals surface area contributed by atoms with Crippen molar-refractivity contribution in [1.29, 1.82) is 5.26 Å². The lowest BCUT2D eigenvalue weighted by atomic mass is 10.1. The molecule has 90 valence electrons. The summed E-state index contributed by atoms with van der Waals surface area (Å²) in [7, 11) is 0. The van der Waals surface area contributed by atoms with E-state index in [0.717, 1.165) is 17.0 Å². The van der Waals surface area contributed by atoms with Crippen molar-refractivity contribution in [2.75, 3.05) is 22.6 Å². The maximum absolute atomic E-state index is 8.73. The number of nitrogen functional groups attached to an aromatic ring is 1. The summed E-state index contributed by atoms with van der Waals surface area (Å²) in [5.41, 5.74) is 8.53. The molecule has 1 heterocycles. The normalized spacial score (nSPS) is 19.6. The van der Waals surface area contributed by atoms with E-state index in [1.54, 1.807) is 0 Å². The minimum atomic E-state index is 0.376. The molecule has 0 bridgehead atoms. The molecule has 0 saturated carbocycles. The summed E-state index contributed by atoms with van der Waals surface area (Å²) >= 11 is 2.00. The third-order valence-corrected chi connectivity index (χ3v) is 4.16. The lowest BCUT2D eigenvalue weighted by Crippen LogP contribution is -2.25. The largest absolute Gasteiger partial charge is 0.398 e. The SMILES string of the molecule is N#CCc1cc(NC2CCCSC2)ccc1N. The number of nitrogens with two attached hydrogens (primary N) is 1. The standard InChI is InChI=1S/C13H17N3S/c14-6-5-10-8-11(3-4-13(10)15)16-12-2-1-7-17-9-12/h3-4,8,12,16H,1-2,5,7,9,15H2. The number of anilines is 2. The molecule has 0 aliphatic carbocycles. The van der Waals surface area contributed by atoms with Gasteiger partial charge < -0.3 is 11.1 Å². The van der Waals surface area contributed by atoms with Gasteiger partial charge in [0.2, 0.25) is 0 Å². The number of rotatable bonds is 3. The van der Waals surface area contributed by atoms with Crippen LogP contribution in [0.5, 0.6) is 0 Å². The third kappa shape index (κ3) is 3.31. The summed E-state index contributed by atoms with van der Waals surface area (Å²) < 4.78 is 0. The number of benzene rings is 1. The highest BCUT2D eigenvalue weighted by Gasteiger charge is 2.13. The second-order valence-corrected chi connectivity index (χ2v) is 5.46. The summed E-state index contributed by atoms with van der Waals surface area (Å²) in [4.78, 5) is 0. The van der Waals surface area contributed by atoms with Crippen LogP contribution in [0.15, 0.2) is 18.2 Å². The van der Waals surface area contributed by atoms with Crippen molar-refractivity contribution in [2.24, 2.45) is 0 Å². The molecule has 1 aromatic carbocycles. The number of thioether (sulfide) groups is 1. The van der Waals surface area contributed by atoms with Crippen molar-refractivity contribution in [1.82, 2.24) is 0 Å². The van der Waals surface area contributed by atoms with Crippen LogP contribution in [-0.2, 0) is 6.42 Å². The van der Waals surface area contributed by atoms with E-state index in [2.05, 4.69) is 11.4 Å². The van der Waals surface area contributed by atoms with Crippen LogP contribution in [0.3, 0.4) is 0 Å². The molecule has 1 unspecified atom stereocenters. The molecule has 3 nitrogen and oxygen atoms in total. The Bertz CT molecular complexity index is 419. The summed E-state index contributed by atoms with van der Waals surface area (Å²) in [6.45, 7) is 0. The summed E-state index contributed by atoms with van der Waals surface area (Å²) in [6.07, 6.45) is 2.88. The second-order valence-electron chi connectivity index (χ2n) is 4.31. The highest BCUT2D eigenvalue weighted by atomic mass is 32.2. The van der Waals surface area contributed by atoms with E-state index in [0.29, 0.717) is 18.2 Å². The van der Waals surface area contributed by atoms with Crippen LogP contribution in [0.1, 0.15) is 18.4 Å². The maximum Gasteiger partial charge on any atom is 0.0670 e. The van der Waals surface area contributed by atoms with E-state index in [9.17, 15) is 0 Å². The predicted molar refractivity (Wildman–Crippen MR) is 74.1 cm³/mol. The zero-order chi connectivity index (χ0) is 12.1. The molecule has 4 heteroatoms. The van der Waals surface area contributed by atoms with Gasteiger partial charge >= 0.3 is 0 Å². The average Bonchev–Trinajstić information content (AvgIpc) is 2.35. The van der Waals surface area contributed by atoms with Crippen LogP contribution in [0.2, 0.25) is 0 Å². The van der Waals surface area contributed by atoms with Gasteiger partial charge in [-0.2, -0.15) is 17.0 Å². The van der Waals surface area contributed by atoms with Gasteiger partial charge in [0, 0.05) is 23.2 Å². The van der Waals surface area contributed by atoms with Crippen LogP contribution in [0.4, 0.5) is 11.4 Å². The van der Waals surface area contributed by atoms with Crippen molar-refractivity contribution in [2.45, 2.75) is 25.3 Å². The van der Waals surface area contributed by atoms with E-state index in [1.165, 1.54) is 18.6 Å². The van der Waals surface area contributed by atoms with Gasteiger partial charge in [0.25, 0.3) is 0 Å². The summed E-state index contributed by atoms with van der Waals surface area (Å²) in [6, 6.07) is 8.57. The smallest absolute Gasteiger partial charge is 0.0670 e. The van der Waals surface area contributed by atoms with Gasteiger partial charge in [-0.1, -0.05) is 0 Å². The highest BCUT2D eigenvalue weighted by molar-refractivity contribution is 7.99. The molecule has 17 heavy (non-hydrogen) atoms. The second kappa shape index (κ2) is 5.83. The number of hydrogen-bond acceptors (Lipinski definition) is 4. The van der Waals surface area contributed by atoms with Crippen LogP contribution < -0.4 is 11.1 Å². The first-order chi connectivity index (χ1) is 8.29. The van der Waals surface area contributed by atoms with E-state index < -0.39 is 0 Å². The summed E-state index contributed by atoms with van der Waals surface area (Å²) in [5.74, 6) is 2.44. The Balaban J connectivity index is 2.05. The molecule has 0 amide bonds. The van der Waals surface area contributed by atoms with Gasteiger partial charge in [0.15, 0.2) is 0 Å². The molecule has 1 aromatic rings. The van der Waals surface area contributed by atoms with Gasteiger partial charge in [0.1, 0.15) is 0 Å². The minimum absolute atomic E-state index is 0.376. The molecule has 0 radical (unpaired) electrons. The van der Waals surface area contributed by atoms with Crippen LogP contribution in [-0.4, -0.2) is 17.5 Å². The maximum atomic E-state index is 8.73. The van der Waals surface area contributed by atoms with Crippen LogP contribution in [0, 0.1) is 11.3 Å². The van der Waals surface area contributed by atoms with E-state index in [-0.39, 0.29) is 0 Å². The molecule has 1 aliphatic rings. The molecule has 0 spiro atoms. The number of nitriles is 1. The molecule has 1 fully saturated rings. The highest BCUT2D eigenvalue weighted by Crippen LogP contribution is 2.23. The van der Waals surface area contributed by atoms with Crippen LogP contribution in [0.25, 0.3) is 0 Å². The van der Waals surface area contributed by atoms with Gasteiger partial charge in [0.05, 0.1) is 12.5 Å². The van der Waals surface area contributed by atoms with Crippen molar-refractivity contribution < 1.29 is 0 Å². The summed E-state index contributed by atoms with van der Waals surface area (Å²) in [5, 5.41) is 12.2. The Morgan fingerprint density at radius 2 is 2.41 bits per heavy atom. The Kier molecular flexibility index (Phi) is 4.16. The van der Waals surface area contributed by atoms with E-state index >= 15 is 0 Å². The van der Waals surface area contributed by atoms with Gasteiger partial charge in [-0.25, -0.2) is 0 Å². The van der Waals surface area contributed by atoms with E-state index in [1.807, 2.05) is 30.0 Å². The molecule has 2 rings (SSSR count). The molecule has 3 N–H and O–H groups in total. The Morgan fingerprint density at radius 3 is 3.12 bits per heavy atom. The van der Waals surface area contributed by atoms with Crippen molar-refractivity contribution in [3.8, 4) is 6.07 Å². The quantitative estimate of drug-likeness (QED) is 0.806. The first-order valence-corrected chi connectivity index (χ1v) is 7.04. The first kappa shape index (κ1) is 12.1. The molecule has 1 saturated heterocycles. The molecule has 1 aliphatic heterocycles. The van der Waals surface area contributed by atoms with Crippen molar-refractivity contribution >= 4 is 23.1 Å². The molecular weight excluding hydrogens is 230 g/mol. The van der Waals surface area contributed by atoms with Gasteiger partial charge in [-0.3, -0.25) is 0 Å². The fraction of sp³-hybridized carbons (Fsp3) is 0.462. The Hall–Kier alpha value is -1.34. The Morgan fingerprint density at radius 1 is 1.53 bits per heavy atom. The molecule has 0 aromatic heterocycles. The first-order valence-electron chi connectivity index (χ1n) is 5.89.